The molecule has 0 saturated heterocycles. The van der Waals surface area contributed by atoms with Crippen molar-refractivity contribution in [1.82, 2.24) is 0 Å². The summed E-state index contributed by atoms with van der Waals surface area (Å²) in [7, 11) is 0. The van der Waals surface area contributed by atoms with Gasteiger partial charge >= 0.3 is 23.1 Å². The van der Waals surface area contributed by atoms with Gasteiger partial charge in [-0.05, 0) is 0 Å². The van der Waals surface area contributed by atoms with E-state index in [1.807, 2.05) is 0 Å². The Labute approximate surface area is 80.3 Å². The summed E-state index contributed by atoms with van der Waals surface area (Å²) in [6.45, 7) is 6.02. The van der Waals surface area contributed by atoms with E-state index in [1.165, 1.54) is 32.1 Å². The van der Waals surface area contributed by atoms with Crippen LogP contribution in [0.1, 0.15) is 45.4 Å². The first-order valence-corrected chi connectivity index (χ1v) is 3.71. The van der Waals surface area contributed by atoms with Crippen LogP contribution in [0.3, 0.4) is 0 Å². The van der Waals surface area contributed by atoms with Crippen molar-refractivity contribution in [3.63, 3.8) is 0 Å². The molecule has 0 N–H and O–H groups in total. The van der Waals surface area contributed by atoms with Crippen molar-refractivity contribution in [1.29, 1.82) is 0 Å². The Bertz CT molecular complexity index is 34.2. The van der Waals surface area contributed by atoms with Crippen LogP contribution in [0, 0.1) is 6.92 Å². The quantitative estimate of drug-likeness (QED) is 0.294. The van der Waals surface area contributed by atoms with Crippen molar-refractivity contribution < 1.29 is 4.70 Å². The van der Waals surface area contributed by atoms with Crippen LogP contribution in [0.15, 0.2) is 0 Å². The van der Waals surface area contributed by atoms with Gasteiger partial charge < -0.3 is 11.6 Å². The molecule has 0 bridgehead atoms. The van der Waals surface area contributed by atoms with Crippen molar-refractivity contribution in [3.05, 3.63) is 6.92 Å². The monoisotopic (exact) mass is 156 g/mol. The van der Waals surface area contributed by atoms with Gasteiger partial charge in [0.05, 0.1) is 0 Å². The molecule has 0 nitrogen and oxygen atoms in total. The zero-order valence-corrected chi connectivity index (χ0v) is 8.45. The molecular weight excluding hydrogens is 139 g/mol. The fraction of sp³-hybridized carbons (Fsp3) is 0.875. The minimum absolute atomic E-state index is 0. The Morgan fingerprint density at radius 1 is 1.00 bits per heavy atom. The first kappa shape index (κ1) is 17.0. The van der Waals surface area contributed by atoms with E-state index in [1.54, 1.807) is 0 Å². The van der Waals surface area contributed by atoms with E-state index in [0.717, 1.165) is 6.42 Å². The fourth-order valence-corrected chi connectivity index (χ4v) is 0.780. The summed E-state index contributed by atoms with van der Waals surface area (Å²) < 4.78 is 0. The summed E-state index contributed by atoms with van der Waals surface area (Å²) in [6.07, 6.45) is 7.98. The zero-order chi connectivity index (χ0) is 6.24. The molecule has 0 aliphatic rings. The van der Waals surface area contributed by atoms with Gasteiger partial charge in [-0.25, -0.2) is 0 Å². The van der Waals surface area contributed by atoms with E-state index in [-0.39, 0.29) is 27.8 Å². The normalized spacial score (nSPS) is 7.80. The Balaban J connectivity index is -0.000000245. The van der Waals surface area contributed by atoms with Crippen LogP contribution >= 0.6 is 0 Å². The van der Waals surface area contributed by atoms with E-state index in [4.69, 9.17) is 0 Å². The second kappa shape index (κ2) is 16.4. The molecule has 0 aliphatic carbocycles. The largest absolute Gasteiger partial charge is 2.00 e. The first-order chi connectivity index (χ1) is 3.91. The predicted octanol–water partition coefficient (Wildman–Crippen LogP) is -0.196. The molecule has 0 aliphatic heterocycles. The minimum atomic E-state index is 0. The van der Waals surface area contributed by atoms with Crippen molar-refractivity contribution in [2.75, 3.05) is 0 Å². The van der Waals surface area contributed by atoms with Crippen LogP contribution in [0.5, 0.6) is 0 Å². The number of rotatable bonds is 5. The second-order valence-corrected chi connectivity index (χ2v) is 2.27. The third kappa shape index (κ3) is 15.9. The maximum atomic E-state index is 3.78. The molecule has 0 amide bonds. The standard InChI is InChI=1S/C8H17.FH.Mg/c1-3-5-7-8-6-4-2;;/h1,3-8H2,2H3;1H;/q-1;;+2/p-1. The van der Waals surface area contributed by atoms with E-state index in [2.05, 4.69) is 13.8 Å². The Morgan fingerprint density at radius 2 is 1.50 bits per heavy atom. The van der Waals surface area contributed by atoms with E-state index < -0.39 is 0 Å². The Kier molecular flexibility index (Phi) is 27.8. The third-order valence-corrected chi connectivity index (χ3v) is 1.35. The predicted molar refractivity (Wildman–Crippen MR) is 44.5 cm³/mol. The van der Waals surface area contributed by atoms with E-state index in [9.17, 15) is 0 Å². The summed E-state index contributed by atoms with van der Waals surface area (Å²) in [5.41, 5.74) is 0. The van der Waals surface area contributed by atoms with Gasteiger partial charge in [0.15, 0.2) is 0 Å². The molecule has 0 rings (SSSR count). The number of halogens is 1. The third-order valence-electron chi connectivity index (χ3n) is 1.35. The van der Waals surface area contributed by atoms with Gasteiger partial charge in [-0.15, -0.1) is 0 Å². The van der Waals surface area contributed by atoms with Crippen LogP contribution in [-0.4, -0.2) is 23.1 Å². The van der Waals surface area contributed by atoms with E-state index >= 15 is 0 Å². The average molecular weight is 157 g/mol. The second-order valence-electron chi connectivity index (χ2n) is 2.27. The van der Waals surface area contributed by atoms with Gasteiger partial charge in [0.2, 0.25) is 0 Å². The van der Waals surface area contributed by atoms with Gasteiger partial charge in [0.25, 0.3) is 0 Å². The molecule has 0 aromatic carbocycles. The molecule has 0 fully saturated rings. The maximum Gasteiger partial charge on any atom is 2.00 e. The van der Waals surface area contributed by atoms with Crippen LogP contribution in [0.2, 0.25) is 0 Å². The summed E-state index contributed by atoms with van der Waals surface area (Å²) in [6, 6.07) is 0. The Morgan fingerprint density at radius 3 is 1.90 bits per heavy atom. The van der Waals surface area contributed by atoms with Crippen LogP contribution in [-0.2, 0) is 0 Å². The summed E-state index contributed by atoms with van der Waals surface area (Å²) >= 11 is 0. The fourth-order valence-electron chi connectivity index (χ4n) is 0.780. The Hall–Kier alpha value is 0.696. The average Bonchev–Trinajstić information content (AvgIpc) is 1.81. The molecule has 0 aromatic rings. The van der Waals surface area contributed by atoms with Gasteiger partial charge in [-0.3, -0.25) is 0 Å². The molecule has 0 radical (unpaired) electrons. The minimum Gasteiger partial charge on any atom is -1.00 e. The smallest absolute Gasteiger partial charge is 1.00 e. The summed E-state index contributed by atoms with van der Waals surface area (Å²) in [4.78, 5) is 0. The maximum absolute atomic E-state index is 3.78. The van der Waals surface area contributed by atoms with Gasteiger partial charge in [0.1, 0.15) is 0 Å². The molecule has 0 spiro atoms. The number of hydrogen-bond donors (Lipinski definition) is 0. The molecule has 0 atom stereocenters. The van der Waals surface area contributed by atoms with Crippen LogP contribution in [0.4, 0.5) is 0 Å². The van der Waals surface area contributed by atoms with Gasteiger partial charge in [-0.1, -0.05) is 39.0 Å². The molecular formula is C8H17FMg. The molecule has 0 saturated carbocycles. The van der Waals surface area contributed by atoms with Gasteiger partial charge in [0, 0.05) is 0 Å². The topological polar surface area (TPSA) is 0 Å². The summed E-state index contributed by atoms with van der Waals surface area (Å²) in [5, 5.41) is 0. The van der Waals surface area contributed by atoms with Crippen molar-refractivity contribution in [2.24, 2.45) is 0 Å². The SMILES string of the molecule is [CH2-]CCCCCCC.[F-].[Mg+2]. The molecule has 10 heavy (non-hydrogen) atoms. The van der Waals surface area contributed by atoms with Crippen molar-refractivity contribution in [2.45, 2.75) is 45.4 Å². The van der Waals surface area contributed by atoms with Crippen molar-refractivity contribution >= 4 is 23.1 Å². The van der Waals surface area contributed by atoms with Crippen molar-refractivity contribution in [3.8, 4) is 0 Å². The van der Waals surface area contributed by atoms with E-state index in [0.29, 0.717) is 0 Å². The molecule has 0 heterocycles. The van der Waals surface area contributed by atoms with Crippen LogP contribution < -0.4 is 4.70 Å². The molecule has 2 heteroatoms. The van der Waals surface area contributed by atoms with Gasteiger partial charge in [-0.2, -0.15) is 6.42 Å². The molecule has 0 unspecified atom stereocenters. The number of hydrogen-bond acceptors (Lipinski definition) is 0. The first-order valence-electron chi connectivity index (χ1n) is 3.71. The summed E-state index contributed by atoms with van der Waals surface area (Å²) in [5.74, 6) is 0. The zero-order valence-electron chi connectivity index (χ0n) is 7.03. The number of unbranched alkanes of at least 4 members (excludes halogenated alkanes) is 5. The van der Waals surface area contributed by atoms with Crippen LogP contribution in [0.25, 0.3) is 0 Å². The molecule has 58 valence electrons. The molecule has 0 aromatic heterocycles.